The highest BCUT2D eigenvalue weighted by molar-refractivity contribution is 9.10. The summed E-state index contributed by atoms with van der Waals surface area (Å²) in [5.41, 5.74) is 7.17. The third kappa shape index (κ3) is 3.91. The fourth-order valence-corrected chi connectivity index (χ4v) is 4.05. The first-order valence-electron chi connectivity index (χ1n) is 7.51. The van der Waals surface area contributed by atoms with Gasteiger partial charge in [0.05, 0.1) is 24.1 Å². The maximum Gasteiger partial charge on any atom is 0.192 e. The normalized spacial score (nSPS) is 24.5. The van der Waals surface area contributed by atoms with E-state index in [-0.39, 0.29) is 11.1 Å². The zero-order chi connectivity index (χ0) is 15.8. The van der Waals surface area contributed by atoms with Crippen LogP contribution in [0.5, 0.6) is 0 Å². The first kappa shape index (κ1) is 17.1. The number of aromatic nitrogens is 2. The molecule has 2 N–H and O–H groups in total. The SMILES string of the molecule is CC(C)(C)[Si](C)(C)OC1CC([C@H](N)c2cncc(Br)n2)C1. The Hall–Kier alpha value is -0.303. The summed E-state index contributed by atoms with van der Waals surface area (Å²) >= 11 is 3.34. The van der Waals surface area contributed by atoms with Crippen LogP contribution in [0.15, 0.2) is 17.0 Å². The van der Waals surface area contributed by atoms with Gasteiger partial charge in [-0.15, -0.1) is 0 Å². The Morgan fingerprint density at radius 2 is 1.95 bits per heavy atom. The van der Waals surface area contributed by atoms with Crippen molar-refractivity contribution < 1.29 is 4.43 Å². The van der Waals surface area contributed by atoms with Gasteiger partial charge in [0.15, 0.2) is 8.32 Å². The number of nitrogens with two attached hydrogens (primary N) is 1. The Morgan fingerprint density at radius 3 is 2.48 bits per heavy atom. The van der Waals surface area contributed by atoms with Gasteiger partial charge in [0.1, 0.15) is 4.60 Å². The van der Waals surface area contributed by atoms with E-state index in [1.54, 1.807) is 12.4 Å². The summed E-state index contributed by atoms with van der Waals surface area (Å²) in [6, 6.07) is -0.0470. The molecule has 118 valence electrons. The van der Waals surface area contributed by atoms with Crippen molar-refractivity contribution in [2.24, 2.45) is 11.7 Å². The molecule has 1 saturated carbocycles. The number of halogens is 1. The van der Waals surface area contributed by atoms with Gasteiger partial charge in [-0.05, 0) is 52.8 Å². The van der Waals surface area contributed by atoms with E-state index in [4.69, 9.17) is 10.2 Å². The predicted molar refractivity (Wildman–Crippen MR) is 91.5 cm³/mol. The van der Waals surface area contributed by atoms with E-state index in [1.807, 2.05) is 0 Å². The molecule has 1 aliphatic carbocycles. The largest absolute Gasteiger partial charge is 0.414 e. The van der Waals surface area contributed by atoms with Crippen LogP contribution in [0.2, 0.25) is 18.1 Å². The molecule has 4 nitrogen and oxygen atoms in total. The average molecular weight is 372 g/mol. The standard InChI is InChI=1S/C15H26BrN3OSi/c1-15(2,3)21(4,5)20-11-6-10(7-11)14(17)12-8-18-9-13(16)19-12/h8-11,14H,6-7,17H2,1-5H3/t10?,11?,14-/m0/s1. The van der Waals surface area contributed by atoms with Crippen LogP contribution in [0.3, 0.4) is 0 Å². The number of rotatable bonds is 4. The molecule has 6 heteroatoms. The fourth-order valence-electron chi connectivity index (χ4n) is 2.35. The maximum absolute atomic E-state index is 6.42. The van der Waals surface area contributed by atoms with Gasteiger partial charge >= 0.3 is 0 Å². The second kappa shape index (κ2) is 6.06. The summed E-state index contributed by atoms with van der Waals surface area (Å²) in [6.07, 6.45) is 5.86. The first-order valence-corrected chi connectivity index (χ1v) is 11.2. The number of hydrogen-bond donors (Lipinski definition) is 1. The quantitative estimate of drug-likeness (QED) is 0.811. The minimum absolute atomic E-state index is 0.0470. The van der Waals surface area contributed by atoms with Crippen LogP contribution in [0.4, 0.5) is 0 Å². The van der Waals surface area contributed by atoms with E-state index in [0.29, 0.717) is 12.0 Å². The van der Waals surface area contributed by atoms with Crippen molar-refractivity contribution in [3.05, 3.63) is 22.7 Å². The van der Waals surface area contributed by atoms with Gasteiger partial charge in [0.2, 0.25) is 0 Å². The van der Waals surface area contributed by atoms with Crippen molar-refractivity contribution in [1.82, 2.24) is 9.97 Å². The van der Waals surface area contributed by atoms with Crippen molar-refractivity contribution >= 4 is 24.2 Å². The summed E-state index contributed by atoms with van der Waals surface area (Å²) in [5.74, 6) is 0.448. The lowest BCUT2D eigenvalue weighted by atomic mass is 9.77. The molecule has 0 saturated heterocycles. The van der Waals surface area contributed by atoms with Crippen molar-refractivity contribution in [1.29, 1.82) is 0 Å². The molecule has 21 heavy (non-hydrogen) atoms. The predicted octanol–water partition coefficient (Wildman–Crippen LogP) is 4.04. The molecule has 1 heterocycles. The summed E-state index contributed by atoms with van der Waals surface area (Å²) in [7, 11) is -1.67. The van der Waals surface area contributed by atoms with Crippen molar-refractivity contribution in [2.45, 2.75) is 63.9 Å². The molecule has 0 unspecified atom stereocenters. The van der Waals surface area contributed by atoms with Crippen LogP contribution in [0.1, 0.15) is 45.3 Å². The van der Waals surface area contributed by atoms with Crippen molar-refractivity contribution in [3.63, 3.8) is 0 Å². The average Bonchev–Trinajstić information content (AvgIpc) is 2.31. The van der Waals surface area contributed by atoms with E-state index in [1.165, 1.54) is 0 Å². The number of nitrogens with zero attached hydrogens (tertiary/aromatic N) is 2. The van der Waals surface area contributed by atoms with E-state index in [2.05, 4.69) is 59.8 Å². The summed E-state index contributed by atoms with van der Waals surface area (Å²) < 4.78 is 7.16. The Bertz CT molecular complexity index is 498. The number of hydrogen-bond acceptors (Lipinski definition) is 4. The highest BCUT2D eigenvalue weighted by atomic mass is 79.9. The lowest BCUT2D eigenvalue weighted by molar-refractivity contribution is 0.0394. The van der Waals surface area contributed by atoms with Gasteiger partial charge < -0.3 is 10.2 Å². The van der Waals surface area contributed by atoms with Crippen LogP contribution in [-0.4, -0.2) is 24.4 Å². The highest BCUT2D eigenvalue weighted by Crippen LogP contribution is 2.44. The summed E-state index contributed by atoms with van der Waals surface area (Å²) in [4.78, 5) is 8.55. The van der Waals surface area contributed by atoms with E-state index < -0.39 is 8.32 Å². The monoisotopic (exact) mass is 371 g/mol. The highest BCUT2D eigenvalue weighted by Gasteiger charge is 2.43. The molecule has 0 aliphatic heterocycles. The molecule has 1 aromatic heterocycles. The Labute approximate surface area is 137 Å². The third-order valence-corrected chi connectivity index (χ3v) is 9.79. The van der Waals surface area contributed by atoms with Gasteiger partial charge in [-0.1, -0.05) is 20.8 Å². The molecular weight excluding hydrogens is 346 g/mol. The minimum Gasteiger partial charge on any atom is -0.414 e. The molecular formula is C15H26BrN3OSi. The zero-order valence-electron chi connectivity index (χ0n) is 13.6. The van der Waals surface area contributed by atoms with Gasteiger partial charge in [-0.2, -0.15) is 0 Å². The van der Waals surface area contributed by atoms with Crippen LogP contribution in [-0.2, 0) is 4.43 Å². The Kier molecular flexibility index (Phi) is 4.93. The van der Waals surface area contributed by atoms with Crippen LogP contribution >= 0.6 is 15.9 Å². The van der Waals surface area contributed by atoms with Crippen LogP contribution < -0.4 is 5.73 Å². The van der Waals surface area contributed by atoms with E-state index >= 15 is 0 Å². The topological polar surface area (TPSA) is 61.0 Å². The molecule has 2 rings (SSSR count). The van der Waals surface area contributed by atoms with Crippen molar-refractivity contribution in [3.8, 4) is 0 Å². The molecule has 1 atom stereocenters. The lowest BCUT2D eigenvalue weighted by Gasteiger charge is -2.46. The minimum atomic E-state index is -1.67. The van der Waals surface area contributed by atoms with E-state index in [9.17, 15) is 0 Å². The zero-order valence-corrected chi connectivity index (χ0v) is 16.1. The second-order valence-corrected chi connectivity index (χ2v) is 13.1. The second-order valence-electron chi connectivity index (χ2n) is 7.52. The van der Waals surface area contributed by atoms with Gasteiger partial charge in [-0.25, -0.2) is 4.98 Å². The smallest absolute Gasteiger partial charge is 0.192 e. The maximum atomic E-state index is 6.42. The van der Waals surface area contributed by atoms with Crippen molar-refractivity contribution in [2.75, 3.05) is 0 Å². The molecule has 1 aromatic rings. The molecule has 0 amide bonds. The Morgan fingerprint density at radius 1 is 1.33 bits per heavy atom. The Balaban J connectivity index is 1.89. The molecule has 1 fully saturated rings. The molecule has 0 aromatic carbocycles. The van der Waals surface area contributed by atoms with Gasteiger partial charge in [-0.3, -0.25) is 4.98 Å². The van der Waals surface area contributed by atoms with Crippen LogP contribution in [0.25, 0.3) is 0 Å². The summed E-state index contributed by atoms with van der Waals surface area (Å²) in [5, 5.41) is 0.260. The van der Waals surface area contributed by atoms with Crippen LogP contribution in [0, 0.1) is 5.92 Å². The van der Waals surface area contributed by atoms with Gasteiger partial charge in [0.25, 0.3) is 0 Å². The molecule has 0 bridgehead atoms. The summed E-state index contributed by atoms with van der Waals surface area (Å²) in [6.45, 7) is 11.4. The molecule has 0 spiro atoms. The van der Waals surface area contributed by atoms with Gasteiger partial charge in [0, 0.05) is 6.10 Å². The molecule has 1 aliphatic rings. The fraction of sp³-hybridized carbons (Fsp3) is 0.733. The third-order valence-electron chi connectivity index (χ3n) is 4.87. The first-order chi connectivity index (χ1) is 9.60. The molecule has 0 radical (unpaired) electrons. The lowest BCUT2D eigenvalue weighted by Crippen LogP contribution is -2.49. The van der Waals surface area contributed by atoms with E-state index in [0.717, 1.165) is 23.1 Å².